The first kappa shape index (κ1) is 13.2. The number of nitrogens with zero attached hydrogens (tertiary/aromatic N) is 1. The number of hydrogen-bond acceptors (Lipinski definition) is 3. The van der Waals surface area contributed by atoms with E-state index in [0.717, 1.165) is 16.4 Å². The van der Waals surface area contributed by atoms with Gasteiger partial charge in [-0.1, -0.05) is 19.8 Å². The smallest absolute Gasteiger partial charge is 0.326 e. The molecule has 0 aliphatic carbocycles. The predicted octanol–water partition coefficient (Wildman–Crippen LogP) is 2.74. The second-order valence-electron chi connectivity index (χ2n) is 3.51. The minimum absolute atomic E-state index is 0.552. The van der Waals surface area contributed by atoms with Crippen molar-refractivity contribution in [2.24, 2.45) is 0 Å². The minimum Gasteiger partial charge on any atom is -0.480 e. The van der Waals surface area contributed by atoms with E-state index in [1.807, 2.05) is 19.1 Å². The highest BCUT2D eigenvalue weighted by Gasteiger charge is 2.17. The summed E-state index contributed by atoms with van der Waals surface area (Å²) in [7, 11) is 0. The molecule has 0 saturated carbocycles. The van der Waals surface area contributed by atoms with Crippen LogP contribution in [0.15, 0.2) is 18.3 Å². The van der Waals surface area contributed by atoms with Crippen LogP contribution in [-0.4, -0.2) is 22.1 Å². The number of halogens is 1. The van der Waals surface area contributed by atoms with Crippen molar-refractivity contribution in [3.63, 3.8) is 0 Å². The fourth-order valence-corrected chi connectivity index (χ4v) is 1.83. The van der Waals surface area contributed by atoms with Gasteiger partial charge in [-0.2, -0.15) is 0 Å². The van der Waals surface area contributed by atoms with Gasteiger partial charge in [-0.05, 0) is 41.1 Å². The molecule has 2 N–H and O–H groups in total. The van der Waals surface area contributed by atoms with E-state index in [-0.39, 0.29) is 0 Å². The average molecular weight is 334 g/mol. The lowest BCUT2D eigenvalue weighted by molar-refractivity contribution is -0.138. The number of hydrogen-bond donors (Lipinski definition) is 2. The predicted molar refractivity (Wildman–Crippen MR) is 71.5 cm³/mol. The van der Waals surface area contributed by atoms with Crippen molar-refractivity contribution in [2.45, 2.75) is 32.2 Å². The molecule has 16 heavy (non-hydrogen) atoms. The fraction of sp³-hybridized carbons (Fsp3) is 0.455. The molecule has 0 spiro atoms. The molecule has 1 rings (SSSR count). The van der Waals surface area contributed by atoms with Crippen molar-refractivity contribution in [2.75, 3.05) is 5.32 Å². The molecule has 0 unspecified atom stereocenters. The Bertz CT molecular complexity index is 358. The van der Waals surface area contributed by atoms with Gasteiger partial charge in [0, 0.05) is 6.20 Å². The highest BCUT2D eigenvalue weighted by molar-refractivity contribution is 14.1. The Kier molecular flexibility index (Phi) is 5.51. The van der Waals surface area contributed by atoms with E-state index < -0.39 is 12.0 Å². The molecule has 1 aromatic heterocycles. The molecule has 1 aromatic rings. The molecule has 0 aliphatic heterocycles. The third-order valence-electron chi connectivity index (χ3n) is 2.21. The van der Waals surface area contributed by atoms with Gasteiger partial charge >= 0.3 is 5.97 Å². The number of nitrogens with one attached hydrogen (secondary N) is 1. The molecule has 5 heteroatoms. The Hall–Kier alpha value is -0.850. The summed E-state index contributed by atoms with van der Waals surface area (Å²) in [6.45, 7) is 2.05. The number of pyridine rings is 1. The molecular weight excluding hydrogens is 319 g/mol. The van der Waals surface area contributed by atoms with Gasteiger partial charge in [-0.15, -0.1) is 0 Å². The number of aliphatic carboxylic acids is 1. The van der Waals surface area contributed by atoms with E-state index in [1.165, 1.54) is 0 Å². The van der Waals surface area contributed by atoms with Gasteiger partial charge in [0.25, 0.3) is 0 Å². The first-order valence-corrected chi connectivity index (χ1v) is 6.33. The van der Waals surface area contributed by atoms with Gasteiger partial charge in [-0.25, -0.2) is 9.78 Å². The van der Waals surface area contributed by atoms with Gasteiger partial charge in [0.1, 0.15) is 11.9 Å². The van der Waals surface area contributed by atoms with Crippen molar-refractivity contribution in [1.82, 2.24) is 4.98 Å². The second kappa shape index (κ2) is 6.67. The lowest BCUT2D eigenvalue weighted by Crippen LogP contribution is -2.29. The Labute approximate surface area is 109 Å². The molecule has 1 atom stereocenters. The number of carbonyl (C=O) groups is 1. The van der Waals surface area contributed by atoms with Crippen LogP contribution in [0.4, 0.5) is 5.82 Å². The Morgan fingerprint density at radius 2 is 2.44 bits per heavy atom. The summed E-state index contributed by atoms with van der Waals surface area (Å²) in [5, 5.41) is 12.0. The molecule has 0 aromatic carbocycles. The van der Waals surface area contributed by atoms with Crippen LogP contribution < -0.4 is 5.32 Å². The van der Waals surface area contributed by atoms with Gasteiger partial charge < -0.3 is 10.4 Å². The Balaban J connectivity index is 2.68. The number of unbranched alkanes of at least 4 members (excludes halogenated alkanes) is 1. The lowest BCUT2D eigenvalue weighted by Gasteiger charge is -2.15. The minimum atomic E-state index is -0.824. The van der Waals surface area contributed by atoms with Crippen LogP contribution in [0.3, 0.4) is 0 Å². The molecule has 4 nitrogen and oxygen atoms in total. The SMILES string of the molecule is CCCC[C@H](Nc1ncccc1I)C(=O)O. The topological polar surface area (TPSA) is 62.2 Å². The highest BCUT2D eigenvalue weighted by Crippen LogP contribution is 2.16. The molecule has 88 valence electrons. The molecule has 0 bridgehead atoms. The van der Waals surface area contributed by atoms with Crippen LogP contribution in [-0.2, 0) is 4.79 Å². The third-order valence-corrected chi connectivity index (χ3v) is 3.08. The normalized spacial score (nSPS) is 12.1. The molecule has 0 radical (unpaired) electrons. The van der Waals surface area contributed by atoms with E-state index in [1.54, 1.807) is 6.20 Å². The number of carboxylic acid groups (broad SMARTS) is 1. The first-order valence-electron chi connectivity index (χ1n) is 5.25. The summed E-state index contributed by atoms with van der Waals surface area (Å²) in [5.41, 5.74) is 0. The van der Waals surface area contributed by atoms with E-state index in [9.17, 15) is 4.79 Å². The van der Waals surface area contributed by atoms with Crippen molar-refractivity contribution in [1.29, 1.82) is 0 Å². The maximum Gasteiger partial charge on any atom is 0.326 e. The Morgan fingerprint density at radius 3 is 3.00 bits per heavy atom. The average Bonchev–Trinajstić information content (AvgIpc) is 2.26. The van der Waals surface area contributed by atoms with Crippen LogP contribution in [0.1, 0.15) is 26.2 Å². The Morgan fingerprint density at radius 1 is 1.69 bits per heavy atom. The summed E-state index contributed by atoms with van der Waals surface area (Å²) >= 11 is 2.14. The summed E-state index contributed by atoms with van der Waals surface area (Å²) < 4.78 is 0.933. The molecule has 0 aliphatic rings. The van der Waals surface area contributed by atoms with Crippen LogP contribution in [0.5, 0.6) is 0 Å². The summed E-state index contributed by atoms with van der Waals surface area (Å²) in [6, 6.07) is 3.17. The molecule has 0 amide bonds. The quantitative estimate of drug-likeness (QED) is 0.786. The number of anilines is 1. The van der Waals surface area contributed by atoms with E-state index in [0.29, 0.717) is 12.2 Å². The molecule has 1 heterocycles. The van der Waals surface area contributed by atoms with Crippen molar-refractivity contribution >= 4 is 34.4 Å². The molecule has 0 fully saturated rings. The maximum absolute atomic E-state index is 11.0. The van der Waals surface area contributed by atoms with Gasteiger partial charge in [0.05, 0.1) is 3.57 Å². The van der Waals surface area contributed by atoms with Gasteiger partial charge in [0.15, 0.2) is 0 Å². The number of rotatable bonds is 6. The number of aromatic nitrogens is 1. The fourth-order valence-electron chi connectivity index (χ4n) is 1.32. The first-order chi connectivity index (χ1) is 7.65. The van der Waals surface area contributed by atoms with Crippen molar-refractivity contribution in [3.05, 3.63) is 21.9 Å². The van der Waals surface area contributed by atoms with E-state index in [2.05, 4.69) is 32.9 Å². The molecular formula is C11H15IN2O2. The van der Waals surface area contributed by atoms with Crippen LogP contribution >= 0.6 is 22.6 Å². The van der Waals surface area contributed by atoms with Gasteiger partial charge in [-0.3, -0.25) is 0 Å². The van der Waals surface area contributed by atoms with Gasteiger partial charge in [0.2, 0.25) is 0 Å². The largest absolute Gasteiger partial charge is 0.480 e. The lowest BCUT2D eigenvalue weighted by atomic mass is 10.1. The van der Waals surface area contributed by atoms with Crippen LogP contribution in [0.2, 0.25) is 0 Å². The number of carboxylic acids is 1. The van der Waals surface area contributed by atoms with E-state index in [4.69, 9.17) is 5.11 Å². The zero-order valence-corrected chi connectivity index (χ0v) is 11.3. The standard InChI is InChI=1S/C11H15IN2O2/c1-2-3-6-9(11(15)16)14-10-8(12)5-4-7-13-10/h4-5,7,9H,2-3,6H2,1H3,(H,13,14)(H,15,16)/t9-/m0/s1. The van der Waals surface area contributed by atoms with Crippen molar-refractivity contribution < 1.29 is 9.90 Å². The summed E-state index contributed by atoms with van der Waals surface area (Å²) in [6.07, 6.45) is 4.17. The zero-order valence-electron chi connectivity index (χ0n) is 9.11. The zero-order chi connectivity index (χ0) is 12.0. The summed E-state index contributed by atoms with van der Waals surface area (Å²) in [5.74, 6) is -0.179. The highest BCUT2D eigenvalue weighted by atomic mass is 127. The van der Waals surface area contributed by atoms with Crippen LogP contribution in [0, 0.1) is 3.57 Å². The van der Waals surface area contributed by atoms with Crippen molar-refractivity contribution in [3.8, 4) is 0 Å². The van der Waals surface area contributed by atoms with E-state index >= 15 is 0 Å². The monoisotopic (exact) mass is 334 g/mol. The molecule has 0 saturated heterocycles. The maximum atomic E-state index is 11.0. The second-order valence-corrected chi connectivity index (χ2v) is 4.67. The summed E-state index contributed by atoms with van der Waals surface area (Å²) in [4.78, 5) is 15.2. The van der Waals surface area contributed by atoms with Crippen LogP contribution in [0.25, 0.3) is 0 Å². The third kappa shape index (κ3) is 3.96.